The van der Waals surface area contributed by atoms with Gasteiger partial charge < -0.3 is 14.6 Å². The van der Waals surface area contributed by atoms with Crippen molar-refractivity contribution in [1.29, 1.82) is 0 Å². The molecular weight excluding hydrogens is 306 g/mol. The molecule has 0 saturated carbocycles. The normalized spacial score (nSPS) is 15.3. The second-order valence-corrected chi connectivity index (χ2v) is 5.70. The van der Waals surface area contributed by atoms with E-state index in [1.165, 1.54) is 12.1 Å². The Hall–Kier alpha value is -1.69. The molecule has 0 aromatic heterocycles. The van der Waals surface area contributed by atoms with Gasteiger partial charge in [-0.15, -0.1) is 0 Å². The lowest BCUT2D eigenvalue weighted by molar-refractivity contribution is -0.170. The zero-order valence-electron chi connectivity index (χ0n) is 13.9. The minimum Gasteiger partial charge on any atom is -0.491 e. The molecule has 23 heavy (non-hydrogen) atoms. The smallest absolute Gasteiger partial charge is 0.317 e. The lowest BCUT2D eigenvalue weighted by Gasteiger charge is -2.34. The average Bonchev–Trinajstić information content (AvgIpc) is 2.47. The summed E-state index contributed by atoms with van der Waals surface area (Å²) in [5, 5.41) is 10.9. The van der Waals surface area contributed by atoms with Gasteiger partial charge in [-0.2, -0.15) is 0 Å². The van der Waals surface area contributed by atoms with Crippen LogP contribution in [0.4, 0.5) is 8.78 Å². The van der Waals surface area contributed by atoms with E-state index < -0.39 is 23.9 Å². The van der Waals surface area contributed by atoms with Crippen LogP contribution < -0.4 is 4.74 Å². The molecule has 130 valence electrons. The summed E-state index contributed by atoms with van der Waals surface area (Å²) in [4.78, 5) is 11.8. The van der Waals surface area contributed by atoms with E-state index in [1.807, 2.05) is 13.8 Å². The maximum Gasteiger partial charge on any atom is 0.317 e. The molecule has 2 atom stereocenters. The molecule has 1 rings (SSSR count). The maximum atomic E-state index is 13.4. The van der Waals surface area contributed by atoms with Gasteiger partial charge in [-0.25, -0.2) is 8.78 Å². The molecule has 0 fully saturated rings. The second-order valence-electron chi connectivity index (χ2n) is 5.70. The van der Waals surface area contributed by atoms with Gasteiger partial charge in [0.1, 0.15) is 11.4 Å². The first-order chi connectivity index (χ1) is 10.8. The van der Waals surface area contributed by atoms with Gasteiger partial charge in [0.05, 0.1) is 13.2 Å². The number of ether oxygens (including phenoxy) is 2. The number of hydrogen-bond acceptors (Lipinski definition) is 4. The zero-order valence-corrected chi connectivity index (χ0v) is 13.9. The van der Waals surface area contributed by atoms with Crippen LogP contribution >= 0.6 is 0 Å². The summed E-state index contributed by atoms with van der Waals surface area (Å²) in [5.74, 6) is -2.50. The molecule has 0 spiro atoms. The minimum atomic E-state index is -3.04. The van der Waals surface area contributed by atoms with Gasteiger partial charge in [0.2, 0.25) is 0 Å². The van der Waals surface area contributed by atoms with E-state index in [2.05, 4.69) is 4.74 Å². The lowest BCUT2D eigenvalue weighted by Crippen LogP contribution is -2.44. The zero-order chi connectivity index (χ0) is 17.6. The highest BCUT2D eigenvalue weighted by Gasteiger charge is 2.48. The van der Waals surface area contributed by atoms with Crippen molar-refractivity contribution in [3.05, 3.63) is 29.8 Å². The molecule has 0 aliphatic heterocycles. The molecule has 0 aliphatic carbocycles. The number of methoxy groups -OCH3 is 1. The predicted octanol–water partition coefficient (Wildman–Crippen LogP) is 3.52. The van der Waals surface area contributed by atoms with E-state index in [4.69, 9.17) is 4.74 Å². The Morgan fingerprint density at radius 3 is 2.22 bits per heavy atom. The summed E-state index contributed by atoms with van der Waals surface area (Å²) < 4.78 is 36.8. The van der Waals surface area contributed by atoms with Crippen molar-refractivity contribution in [3.63, 3.8) is 0 Å². The Balaban J connectivity index is 3.23. The molecule has 1 N–H and O–H groups in total. The highest BCUT2D eigenvalue weighted by atomic mass is 19.3. The molecular formula is C17H24F2O4. The Morgan fingerprint density at radius 2 is 1.83 bits per heavy atom. The van der Waals surface area contributed by atoms with Crippen LogP contribution in [-0.2, 0) is 15.1 Å². The van der Waals surface area contributed by atoms with E-state index in [-0.39, 0.29) is 18.1 Å². The topological polar surface area (TPSA) is 55.8 Å². The summed E-state index contributed by atoms with van der Waals surface area (Å²) in [6, 6.07) is 6.20. The van der Waals surface area contributed by atoms with Gasteiger partial charge >= 0.3 is 5.97 Å². The highest BCUT2D eigenvalue weighted by molar-refractivity contribution is 5.74. The molecule has 6 heteroatoms. The fourth-order valence-corrected chi connectivity index (χ4v) is 2.59. The van der Waals surface area contributed by atoms with Crippen molar-refractivity contribution in [1.82, 2.24) is 0 Å². The number of carbonyl (C=O) groups is 1. The Morgan fingerprint density at radius 1 is 1.26 bits per heavy atom. The number of esters is 1. The van der Waals surface area contributed by atoms with Crippen LogP contribution in [0.15, 0.2) is 24.3 Å². The van der Waals surface area contributed by atoms with Crippen molar-refractivity contribution < 1.29 is 28.2 Å². The van der Waals surface area contributed by atoms with E-state index in [0.29, 0.717) is 12.2 Å². The number of hydrogen-bond donors (Lipinski definition) is 1. The van der Waals surface area contributed by atoms with Gasteiger partial charge in [0.25, 0.3) is 6.43 Å². The first-order valence-corrected chi connectivity index (χ1v) is 7.61. The standard InChI is InChI=1S/C17H24F2O4/c1-5-10-17(21,14(15(18)19)16(20)22-4)12-6-8-13(9-7-12)23-11(2)3/h6-9,11,14-15,21H,5,10H2,1-4H3. The lowest BCUT2D eigenvalue weighted by atomic mass is 9.78. The molecule has 1 aromatic carbocycles. The average molecular weight is 330 g/mol. The van der Waals surface area contributed by atoms with Crippen LogP contribution in [0.3, 0.4) is 0 Å². The molecule has 0 amide bonds. The molecule has 0 aliphatic rings. The van der Waals surface area contributed by atoms with E-state index in [0.717, 1.165) is 7.11 Å². The Labute approximate surface area is 135 Å². The van der Waals surface area contributed by atoms with Gasteiger partial charge in [0.15, 0.2) is 5.92 Å². The number of aliphatic hydroxyl groups is 1. The molecule has 4 nitrogen and oxygen atoms in total. The minimum absolute atomic E-state index is 0.0154. The van der Waals surface area contributed by atoms with Crippen LogP contribution in [-0.4, -0.2) is 30.7 Å². The molecule has 0 radical (unpaired) electrons. The molecule has 0 saturated heterocycles. The molecule has 1 aromatic rings. The third-order valence-corrected chi connectivity index (χ3v) is 3.58. The molecule has 0 bridgehead atoms. The maximum absolute atomic E-state index is 13.4. The Kier molecular flexibility index (Phi) is 6.94. The summed E-state index contributed by atoms with van der Waals surface area (Å²) in [5.41, 5.74) is -1.75. The number of halogens is 2. The highest BCUT2D eigenvalue weighted by Crippen LogP contribution is 2.39. The van der Waals surface area contributed by atoms with Crippen LogP contribution in [0.25, 0.3) is 0 Å². The SMILES string of the molecule is CCCC(O)(c1ccc(OC(C)C)cc1)C(C(=O)OC)C(F)F. The number of carbonyl (C=O) groups excluding carboxylic acids is 1. The van der Waals surface area contributed by atoms with Crippen molar-refractivity contribution in [2.75, 3.05) is 7.11 Å². The summed E-state index contributed by atoms with van der Waals surface area (Å²) in [6.45, 7) is 5.48. The molecule has 2 unspecified atom stereocenters. The summed E-state index contributed by atoms with van der Waals surface area (Å²) >= 11 is 0. The Bertz CT molecular complexity index is 502. The van der Waals surface area contributed by atoms with Gasteiger partial charge in [-0.05, 0) is 38.0 Å². The number of benzene rings is 1. The number of alkyl halides is 2. The van der Waals surface area contributed by atoms with Crippen molar-refractivity contribution in [2.24, 2.45) is 5.92 Å². The van der Waals surface area contributed by atoms with Gasteiger partial charge in [-0.3, -0.25) is 4.79 Å². The van der Waals surface area contributed by atoms with E-state index >= 15 is 0 Å². The summed E-state index contributed by atoms with van der Waals surface area (Å²) in [6.07, 6.45) is -2.62. The van der Waals surface area contributed by atoms with E-state index in [1.54, 1.807) is 19.1 Å². The van der Waals surface area contributed by atoms with Gasteiger partial charge in [-0.1, -0.05) is 25.5 Å². The van der Waals surface area contributed by atoms with Crippen LogP contribution in [0.5, 0.6) is 5.75 Å². The quantitative estimate of drug-likeness (QED) is 0.741. The molecule has 0 heterocycles. The van der Waals surface area contributed by atoms with Crippen molar-refractivity contribution in [2.45, 2.75) is 51.7 Å². The second kappa shape index (κ2) is 8.24. The largest absolute Gasteiger partial charge is 0.491 e. The number of rotatable bonds is 8. The van der Waals surface area contributed by atoms with Crippen molar-refractivity contribution in [3.8, 4) is 5.75 Å². The van der Waals surface area contributed by atoms with Crippen LogP contribution in [0, 0.1) is 5.92 Å². The first-order valence-electron chi connectivity index (χ1n) is 7.61. The summed E-state index contributed by atoms with van der Waals surface area (Å²) in [7, 11) is 1.03. The predicted molar refractivity (Wildman–Crippen MR) is 82.5 cm³/mol. The fraction of sp³-hybridized carbons (Fsp3) is 0.588. The van der Waals surface area contributed by atoms with E-state index in [9.17, 15) is 18.7 Å². The van der Waals surface area contributed by atoms with Gasteiger partial charge in [0, 0.05) is 0 Å². The third-order valence-electron chi connectivity index (χ3n) is 3.58. The van der Waals surface area contributed by atoms with Crippen molar-refractivity contribution >= 4 is 5.97 Å². The monoisotopic (exact) mass is 330 g/mol. The third kappa shape index (κ3) is 4.64. The fourth-order valence-electron chi connectivity index (χ4n) is 2.59. The van der Waals surface area contributed by atoms with Crippen LogP contribution in [0.2, 0.25) is 0 Å². The first kappa shape index (κ1) is 19.4. The van der Waals surface area contributed by atoms with Crippen LogP contribution in [0.1, 0.15) is 39.2 Å².